The highest BCUT2D eigenvalue weighted by Gasteiger charge is 2.14. The summed E-state index contributed by atoms with van der Waals surface area (Å²) in [6.07, 6.45) is 1.60. The van der Waals surface area contributed by atoms with Gasteiger partial charge in [-0.15, -0.1) is 0 Å². The van der Waals surface area contributed by atoms with Gasteiger partial charge in [-0.1, -0.05) is 0 Å². The molecule has 1 heterocycles. The summed E-state index contributed by atoms with van der Waals surface area (Å²) in [4.78, 5) is 13.2. The van der Waals surface area contributed by atoms with Gasteiger partial charge in [0.1, 0.15) is 5.82 Å². The van der Waals surface area contributed by atoms with E-state index in [0.29, 0.717) is 11.4 Å². The second kappa shape index (κ2) is 5.00. The molecule has 1 amide bonds. The normalized spacial score (nSPS) is 10.5. The minimum absolute atomic E-state index is 0.210. The molecule has 19 heavy (non-hydrogen) atoms. The lowest BCUT2D eigenvalue weighted by atomic mass is 10.2. The molecular formula is C12H12BrFN4O. The Hall–Kier alpha value is -1.89. The third kappa shape index (κ3) is 2.60. The molecule has 0 fully saturated rings. The molecule has 2 aromatic rings. The summed E-state index contributed by atoms with van der Waals surface area (Å²) in [5.41, 5.74) is 6.80. The van der Waals surface area contributed by atoms with Crippen LogP contribution in [0.25, 0.3) is 5.69 Å². The van der Waals surface area contributed by atoms with Crippen LogP contribution < -0.4 is 5.73 Å². The predicted octanol–water partition coefficient (Wildman–Crippen LogP) is 2.06. The quantitative estimate of drug-likeness (QED) is 0.859. The summed E-state index contributed by atoms with van der Waals surface area (Å²) < 4.78 is 15.0. The van der Waals surface area contributed by atoms with Crippen LogP contribution >= 0.6 is 15.9 Å². The van der Waals surface area contributed by atoms with E-state index >= 15 is 0 Å². The van der Waals surface area contributed by atoms with Crippen LogP contribution in [-0.4, -0.2) is 34.7 Å². The second-order valence-corrected chi connectivity index (χ2v) is 5.02. The maximum atomic E-state index is 13.3. The Balaban J connectivity index is 2.44. The molecule has 7 heteroatoms. The van der Waals surface area contributed by atoms with Gasteiger partial charge in [-0.05, 0) is 28.1 Å². The molecule has 0 bridgehead atoms. The Labute approximate surface area is 117 Å². The van der Waals surface area contributed by atoms with Gasteiger partial charge < -0.3 is 10.6 Å². The number of rotatable bonds is 2. The van der Waals surface area contributed by atoms with Crippen molar-refractivity contribution in [2.75, 3.05) is 19.8 Å². The lowest BCUT2D eigenvalue weighted by Gasteiger charge is -2.08. The third-order valence-corrected chi connectivity index (χ3v) is 3.14. The Kier molecular flexibility index (Phi) is 3.57. The number of nitrogens with zero attached hydrogens (tertiary/aromatic N) is 3. The van der Waals surface area contributed by atoms with E-state index in [1.807, 2.05) is 0 Å². The summed E-state index contributed by atoms with van der Waals surface area (Å²) in [5, 5.41) is 4.14. The van der Waals surface area contributed by atoms with Gasteiger partial charge >= 0.3 is 0 Å². The highest BCUT2D eigenvalue weighted by atomic mass is 79.9. The Morgan fingerprint density at radius 3 is 2.79 bits per heavy atom. The van der Waals surface area contributed by atoms with Gasteiger partial charge in [-0.3, -0.25) is 4.79 Å². The van der Waals surface area contributed by atoms with E-state index in [4.69, 9.17) is 5.73 Å². The Morgan fingerprint density at radius 1 is 1.47 bits per heavy atom. The van der Waals surface area contributed by atoms with Crippen LogP contribution in [0.3, 0.4) is 0 Å². The van der Waals surface area contributed by atoms with Crippen molar-refractivity contribution in [3.8, 4) is 5.69 Å². The smallest absolute Gasteiger partial charge is 0.273 e. The number of nitrogens with two attached hydrogens (primary N) is 1. The van der Waals surface area contributed by atoms with E-state index in [1.165, 1.54) is 21.7 Å². The van der Waals surface area contributed by atoms with Crippen LogP contribution in [0.5, 0.6) is 0 Å². The second-order valence-electron chi connectivity index (χ2n) is 4.17. The number of halogens is 2. The number of aromatic nitrogens is 2. The summed E-state index contributed by atoms with van der Waals surface area (Å²) in [5.74, 6) is -0.656. The standard InChI is InChI=1S/C12H12BrFN4O/c1-17(2)12(19)10-3-4-18(16-10)11-5-7(13)8(14)6-9(11)15/h3-6H,15H2,1-2H3. The zero-order valence-corrected chi connectivity index (χ0v) is 12.0. The first kappa shape index (κ1) is 13.5. The van der Waals surface area contributed by atoms with Crippen molar-refractivity contribution in [2.45, 2.75) is 0 Å². The zero-order valence-electron chi connectivity index (χ0n) is 10.4. The molecule has 0 aliphatic rings. The fraction of sp³-hybridized carbons (Fsp3) is 0.167. The molecule has 0 radical (unpaired) electrons. The van der Waals surface area contributed by atoms with Crippen molar-refractivity contribution >= 4 is 27.5 Å². The van der Waals surface area contributed by atoms with Gasteiger partial charge in [-0.2, -0.15) is 5.10 Å². The number of benzene rings is 1. The first-order valence-electron chi connectivity index (χ1n) is 5.42. The minimum atomic E-state index is -0.446. The van der Waals surface area contributed by atoms with Crippen LogP contribution in [-0.2, 0) is 0 Å². The summed E-state index contributed by atoms with van der Waals surface area (Å²) >= 11 is 3.09. The largest absolute Gasteiger partial charge is 0.397 e. The lowest BCUT2D eigenvalue weighted by molar-refractivity contribution is 0.0821. The average Bonchev–Trinajstić information content (AvgIpc) is 2.81. The molecule has 1 aromatic heterocycles. The van der Waals surface area contributed by atoms with E-state index in [2.05, 4.69) is 21.0 Å². The number of anilines is 1. The number of carbonyl (C=O) groups excluding carboxylic acids is 1. The van der Waals surface area contributed by atoms with Gasteiger partial charge in [0.2, 0.25) is 0 Å². The highest BCUT2D eigenvalue weighted by molar-refractivity contribution is 9.10. The fourth-order valence-electron chi connectivity index (χ4n) is 1.55. The van der Waals surface area contributed by atoms with E-state index in [-0.39, 0.29) is 16.1 Å². The van der Waals surface area contributed by atoms with E-state index in [9.17, 15) is 9.18 Å². The lowest BCUT2D eigenvalue weighted by Crippen LogP contribution is -2.22. The molecule has 0 atom stereocenters. The maximum absolute atomic E-state index is 13.3. The Bertz CT molecular complexity index is 639. The molecule has 0 saturated heterocycles. The monoisotopic (exact) mass is 326 g/mol. The summed E-state index contributed by atoms with van der Waals surface area (Å²) in [6.45, 7) is 0. The van der Waals surface area contributed by atoms with Crippen molar-refractivity contribution in [3.05, 3.63) is 40.4 Å². The van der Waals surface area contributed by atoms with Crippen LogP contribution in [0.15, 0.2) is 28.9 Å². The first-order chi connectivity index (χ1) is 8.90. The molecule has 1 aromatic carbocycles. The zero-order chi connectivity index (χ0) is 14.2. The number of carbonyl (C=O) groups is 1. The maximum Gasteiger partial charge on any atom is 0.273 e. The van der Waals surface area contributed by atoms with Crippen molar-refractivity contribution in [3.63, 3.8) is 0 Å². The van der Waals surface area contributed by atoms with Gasteiger partial charge in [0.05, 0.1) is 15.8 Å². The SMILES string of the molecule is CN(C)C(=O)c1ccn(-c2cc(Br)c(F)cc2N)n1. The number of hydrogen-bond acceptors (Lipinski definition) is 3. The van der Waals surface area contributed by atoms with Crippen molar-refractivity contribution in [2.24, 2.45) is 0 Å². The molecular weight excluding hydrogens is 315 g/mol. The highest BCUT2D eigenvalue weighted by Crippen LogP contribution is 2.25. The van der Waals surface area contributed by atoms with E-state index in [1.54, 1.807) is 26.4 Å². The fourth-order valence-corrected chi connectivity index (χ4v) is 1.88. The molecule has 0 aliphatic heterocycles. The predicted molar refractivity (Wildman–Crippen MR) is 73.7 cm³/mol. The number of hydrogen-bond donors (Lipinski definition) is 1. The van der Waals surface area contributed by atoms with Crippen molar-refractivity contribution < 1.29 is 9.18 Å². The van der Waals surface area contributed by atoms with Gasteiger partial charge in [0.15, 0.2) is 5.69 Å². The van der Waals surface area contributed by atoms with Gasteiger partial charge in [0.25, 0.3) is 5.91 Å². The first-order valence-corrected chi connectivity index (χ1v) is 6.21. The van der Waals surface area contributed by atoms with Crippen LogP contribution in [0, 0.1) is 5.82 Å². The third-order valence-electron chi connectivity index (χ3n) is 2.53. The molecule has 2 N–H and O–H groups in total. The summed E-state index contributed by atoms with van der Waals surface area (Å²) in [7, 11) is 3.29. The average molecular weight is 327 g/mol. The van der Waals surface area contributed by atoms with Crippen LogP contribution in [0.4, 0.5) is 10.1 Å². The molecule has 0 saturated carbocycles. The molecule has 0 spiro atoms. The molecule has 2 rings (SSSR count). The number of nitrogen functional groups attached to an aromatic ring is 1. The molecule has 0 aliphatic carbocycles. The Morgan fingerprint density at radius 2 is 2.16 bits per heavy atom. The van der Waals surface area contributed by atoms with Crippen LogP contribution in [0.2, 0.25) is 0 Å². The summed E-state index contributed by atoms with van der Waals surface area (Å²) in [6, 6.07) is 4.30. The van der Waals surface area contributed by atoms with Gasteiger partial charge in [-0.25, -0.2) is 9.07 Å². The molecule has 0 unspecified atom stereocenters. The molecule has 100 valence electrons. The van der Waals surface area contributed by atoms with Crippen LogP contribution in [0.1, 0.15) is 10.5 Å². The topological polar surface area (TPSA) is 64.2 Å². The van der Waals surface area contributed by atoms with E-state index < -0.39 is 5.82 Å². The number of amides is 1. The van der Waals surface area contributed by atoms with Gasteiger partial charge in [0, 0.05) is 26.4 Å². The van der Waals surface area contributed by atoms with E-state index in [0.717, 1.165) is 0 Å². The minimum Gasteiger partial charge on any atom is -0.397 e. The molecule has 5 nitrogen and oxygen atoms in total. The van der Waals surface area contributed by atoms with Crippen molar-refractivity contribution in [1.29, 1.82) is 0 Å². The van der Waals surface area contributed by atoms with Crippen molar-refractivity contribution in [1.82, 2.24) is 14.7 Å².